The fourth-order valence-corrected chi connectivity index (χ4v) is 7.53. The van der Waals surface area contributed by atoms with E-state index in [9.17, 15) is 43.8 Å². The van der Waals surface area contributed by atoms with E-state index in [4.69, 9.17) is 4.74 Å². The first-order valence-electron chi connectivity index (χ1n) is 19.4. The Labute approximate surface area is 312 Å². The molecule has 16 nitrogen and oxygen atoms in total. The van der Waals surface area contributed by atoms with Gasteiger partial charge >= 0.3 is 5.97 Å². The van der Waals surface area contributed by atoms with Gasteiger partial charge in [0.15, 0.2) is 0 Å². The highest BCUT2D eigenvalue weighted by Crippen LogP contribution is 2.28. The van der Waals surface area contributed by atoms with Gasteiger partial charge in [0.25, 0.3) is 0 Å². The summed E-state index contributed by atoms with van der Waals surface area (Å²) in [7, 11) is 1.40. The molecule has 16 heteroatoms. The number of methoxy groups -OCH3 is 1. The molecule has 1 saturated carbocycles. The van der Waals surface area contributed by atoms with Crippen LogP contribution in [0.4, 0.5) is 0 Å². The normalized spacial score (nSPS) is 23.0. The minimum atomic E-state index is -1.59. The van der Waals surface area contributed by atoms with Crippen molar-refractivity contribution in [2.45, 2.75) is 154 Å². The maximum Gasteiger partial charge on any atom is 0.305 e. The molecule has 3 aliphatic rings. The lowest BCUT2D eigenvalue weighted by molar-refractivity contribution is -0.149. The molecule has 6 N–H and O–H groups in total. The third kappa shape index (κ3) is 12.7. The minimum Gasteiger partial charge on any atom is -0.481 e. The molecule has 2 aliphatic heterocycles. The summed E-state index contributed by atoms with van der Waals surface area (Å²) < 4.78 is 5.44. The van der Waals surface area contributed by atoms with Crippen LogP contribution in [0.5, 0.6) is 0 Å². The number of hydrogen-bond donors (Lipinski definition) is 6. The summed E-state index contributed by atoms with van der Waals surface area (Å²) in [6.07, 6.45) is 6.35. The number of aliphatic hydroxyl groups excluding tert-OH is 1. The molecule has 53 heavy (non-hydrogen) atoms. The number of rotatable bonds is 18. The van der Waals surface area contributed by atoms with Gasteiger partial charge in [0.05, 0.1) is 18.6 Å². The number of amides is 6. The maximum absolute atomic E-state index is 14.0. The topological polar surface area (TPSA) is 224 Å². The molecule has 0 bridgehead atoms. The number of aliphatic hydroxyl groups is 1. The van der Waals surface area contributed by atoms with Crippen molar-refractivity contribution in [3.63, 3.8) is 0 Å². The summed E-state index contributed by atoms with van der Waals surface area (Å²) in [6.45, 7) is 7.32. The van der Waals surface area contributed by atoms with Crippen molar-refractivity contribution in [2.75, 3.05) is 26.7 Å². The van der Waals surface area contributed by atoms with Gasteiger partial charge in [0, 0.05) is 39.6 Å². The first kappa shape index (κ1) is 43.6. The van der Waals surface area contributed by atoms with Crippen LogP contribution in [0.15, 0.2) is 0 Å². The second-order valence-electron chi connectivity index (χ2n) is 15.2. The van der Waals surface area contributed by atoms with Crippen molar-refractivity contribution in [2.24, 2.45) is 11.8 Å². The molecule has 6 amide bonds. The van der Waals surface area contributed by atoms with Crippen LogP contribution in [-0.2, 0) is 38.3 Å². The third-order valence-corrected chi connectivity index (χ3v) is 10.6. The second-order valence-corrected chi connectivity index (χ2v) is 15.2. The Morgan fingerprint density at radius 1 is 0.811 bits per heavy atom. The molecule has 300 valence electrons. The van der Waals surface area contributed by atoms with E-state index in [1.807, 2.05) is 20.8 Å². The van der Waals surface area contributed by atoms with Gasteiger partial charge < -0.3 is 46.0 Å². The molecule has 0 radical (unpaired) electrons. The molecule has 1 aliphatic carbocycles. The summed E-state index contributed by atoms with van der Waals surface area (Å²) in [6, 6.07) is -5.98. The number of hydrogen-bond acceptors (Lipinski definition) is 9. The van der Waals surface area contributed by atoms with Gasteiger partial charge in [-0.25, -0.2) is 0 Å². The molecule has 2 saturated heterocycles. The standard InChI is InChI=1S/C37H62N6O10/c1-6-17-38-35(50)32(23(4)44)41-34(49)28-19-25(53-5)21-43(28)36(51)26(20-30(46)47)39-33(48)27-14-10-11-18-42(27)37(52)31(22(2)3)40-29(45)16-15-24-12-8-7-9-13-24/h22-28,31-32,44H,6-21H2,1-5H3,(H,38,50)(H,39,48)(H,40,45)(H,41,49)(H,46,47)/t23-,25?,26+,27+,28+,31+,32+/m1/s1. The molecule has 3 fully saturated rings. The minimum absolute atomic E-state index is 0.0266. The van der Waals surface area contributed by atoms with Crippen LogP contribution in [0.25, 0.3) is 0 Å². The van der Waals surface area contributed by atoms with Crippen molar-refractivity contribution in [3.05, 3.63) is 0 Å². The van der Waals surface area contributed by atoms with E-state index in [0.29, 0.717) is 38.1 Å². The molecule has 0 aromatic rings. The average molecular weight is 751 g/mol. The van der Waals surface area contributed by atoms with E-state index in [1.165, 1.54) is 38.2 Å². The summed E-state index contributed by atoms with van der Waals surface area (Å²) >= 11 is 0. The maximum atomic E-state index is 14.0. The van der Waals surface area contributed by atoms with Crippen LogP contribution in [0.2, 0.25) is 0 Å². The second kappa shape index (κ2) is 21.2. The van der Waals surface area contributed by atoms with Crippen molar-refractivity contribution in [1.29, 1.82) is 0 Å². The Kier molecular flexibility index (Phi) is 17.4. The molecule has 0 aromatic heterocycles. The fourth-order valence-electron chi connectivity index (χ4n) is 7.53. The quantitative estimate of drug-likeness (QED) is 0.116. The molecule has 0 aromatic carbocycles. The van der Waals surface area contributed by atoms with Crippen molar-refractivity contribution in [1.82, 2.24) is 31.1 Å². The number of nitrogens with one attached hydrogen (secondary N) is 4. The first-order chi connectivity index (χ1) is 25.2. The SMILES string of the molecule is CCCNC(=O)[C@@H](NC(=O)[C@@H]1CC(OC)CN1C(=O)[C@H](CC(=O)O)NC(=O)[C@@H]1CCCCN1C(=O)[C@@H](NC(=O)CCC1CCCCC1)C(C)C)[C@@H](C)O. The first-order valence-corrected chi connectivity index (χ1v) is 19.4. The number of carbonyl (C=O) groups excluding carboxylic acids is 6. The van der Waals surface area contributed by atoms with Crippen LogP contribution in [0.1, 0.15) is 111 Å². The molecular formula is C37H62N6O10. The number of carboxylic acid groups (broad SMARTS) is 1. The number of nitrogens with zero attached hydrogens (tertiary/aromatic N) is 2. The summed E-state index contributed by atoms with van der Waals surface area (Å²) in [5, 5.41) is 30.6. The van der Waals surface area contributed by atoms with Gasteiger partial charge in [-0.2, -0.15) is 0 Å². The van der Waals surface area contributed by atoms with Crippen molar-refractivity contribution < 1.29 is 48.5 Å². The van der Waals surface area contributed by atoms with E-state index in [1.54, 1.807) is 0 Å². The Hall–Kier alpha value is -3.79. The van der Waals surface area contributed by atoms with Crippen LogP contribution >= 0.6 is 0 Å². The monoisotopic (exact) mass is 750 g/mol. The third-order valence-electron chi connectivity index (χ3n) is 10.6. The lowest BCUT2D eigenvalue weighted by Gasteiger charge is -2.38. The highest BCUT2D eigenvalue weighted by atomic mass is 16.5. The van der Waals surface area contributed by atoms with Crippen LogP contribution in [0.3, 0.4) is 0 Å². The zero-order valence-corrected chi connectivity index (χ0v) is 32.1. The predicted octanol–water partition coefficient (Wildman–Crippen LogP) is 0.836. The molecule has 1 unspecified atom stereocenters. The number of carboxylic acids is 1. The largest absolute Gasteiger partial charge is 0.481 e. The van der Waals surface area contributed by atoms with Gasteiger partial charge in [0.1, 0.15) is 30.2 Å². The van der Waals surface area contributed by atoms with Crippen LogP contribution in [-0.4, -0.2) is 131 Å². The lowest BCUT2D eigenvalue weighted by Crippen LogP contribution is -2.61. The van der Waals surface area contributed by atoms with Gasteiger partial charge in [0.2, 0.25) is 35.4 Å². The van der Waals surface area contributed by atoms with E-state index in [0.717, 1.165) is 24.2 Å². The van der Waals surface area contributed by atoms with Crippen molar-refractivity contribution >= 4 is 41.4 Å². The highest BCUT2D eigenvalue weighted by molar-refractivity contribution is 5.98. The smallest absolute Gasteiger partial charge is 0.305 e. The summed E-state index contributed by atoms with van der Waals surface area (Å²) in [5.74, 6) is -4.68. The number of aliphatic carboxylic acids is 1. The highest BCUT2D eigenvalue weighted by Gasteiger charge is 2.45. The lowest BCUT2D eigenvalue weighted by atomic mass is 9.86. The van der Waals surface area contributed by atoms with Crippen LogP contribution in [0, 0.1) is 11.8 Å². The van der Waals surface area contributed by atoms with E-state index in [-0.39, 0.29) is 37.8 Å². The zero-order valence-electron chi connectivity index (χ0n) is 32.1. The number of likely N-dealkylation sites (tertiary alicyclic amines) is 2. The number of piperidine rings is 1. The summed E-state index contributed by atoms with van der Waals surface area (Å²) in [5.41, 5.74) is 0. The molecule has 2 heterocycles. The average Bonchev–Trinajstić information content (AvgIpc) is 3.58. The van der Waals surface area contributed by atoms with E-state index >= 15 is 0 Å². The Morgan fingerprint density at radius 3 is 2.08 bits per heavy atom. The zero-order chi connectivity index (χ0) is 39.2. The number of carbonyl (C=O) groups is 7. The van der Waals surface area contributed by atoms with Gasteiger partial charge in [-0.15, -0.1) is 0 Å². The molecule has 0 spiro atoms. The van der Waals surface area contributed by atoms with E-state index < -0.39 is 84.3 Å². The van der Waals surface area contributed by atoms with Gasteiger partial charge in [-0.05, 0) is 50.9 Å². The van der Waals surface area contributed by atoms with Crippen molar-refractivity contribution in [3.8, 4) is 0 Å². The van der Waals surface area contributed by atoms with Gasteiger partial charge in [-0.3, -0.25) is 33.6 Å². The van der Waals surface area contributed by atoms with Gasteiger partial charge in [-0.1, -0.05) is 52.9 Å². The predicted molar refractivity (Wildman–Crippen MR) is 194 cm³/mol. The molecular weight excluding hydrogens is 688 g/mol. The molecule has 7 atom stereocenters. The Bertz CT molecular complexity index is 1290. The van der Waals surface area contributed by atoms with Crippen LogP contribution < -0.4 is 21.3 Å². The Morgan fingerprint density at radius 2 is 1.47 bits per heavy atom. The Balaban J connectivity index is 1.76. The fraction of sp³-hybridized carbons (Fsp3) is 0.811. The number of ether oxygens (including phenoxy) is 1. The summed E-state index contributed by atoms with van der Waals surface area (Å²) in [4.78, 5) is 95.7. The van der Waals surface area contributed by atoms with E-state index in [2.05, 4.69) is 21.3 Å². The molecule has 3 rings (SSSR count).